The molecule has 0 radical (unpaired) electrons. The van der Waals surface area contributed by atoms with Gasteiger partial charge in [-0.25, -0.2) is 4.39 Å². The second kappa shape index (κ2) is 7.66. The first-order chi connectivity index (χ1) is 14.3. The van der Waals surface area contributed by atoms with E-state index in [1.807, 2.05) is 6.07 Å². The smallest absolute Gasteiger partial charge is 0.371 e. The SMILES string of the molecule is N#Cc1ccc2nnc(C(O)N3CCC(c4cc(F)ccc4C(F)(F)F)CC3)n2c1. The summed E-state index contributed by atoms with van der Waals surface area (Å²) >= 11 is 0. The van der Waals surface area contributed by atoms with E-state index < -0.39 is 29.7 Å². The fraction of sp³-hybridized carbons (Fsp3) is 0.350. The van der Waals surface area contributed by atoms with Gasteiger partial charge in [0, 0.05) is 19.3 Å². The van der Waals surface area contributed by atoms with Gasteiger partial charge in [-0.15, -0.1) is 10.2 Å². The van der Waals surface area contributed by atoms with Crippen LogP contribution in [0.3, 0.4) is 0 Å². The predicted molar refractivity (Wildman–Crippen MR) is 97.6 cm³/mol. The van der Waals surface area contributed by atoms with Crippen LogP contribution < -0.4 is 0 Å². The summed E-state index contributed by atoms with van der Waals surface area (Å²) in [7, 11) is 0. The predicted octanol–water partition coefficient (Wildman–Crippen LogP) is 3.63. The van der Waals surface area contributed by atoms with Gasteiger partial charge >= 0.3 is 6.18 Å². The van der Waals surface area contributed by atoms with Crippen LogP contribution in [-0.2, 0) is 6.18 Å². The molecule has 0 amide bonds. The molecule has 1 fully saturated rings. The maximum Gasteiger partial charge on any atom is 0.416 e. The van der Waals surface area contributed by atoms with E-state index in [2.05, 4.69) is 10.2 Å². The lowest BCUT2D eigenvalue weighted by Crippen LogP contribution is -2.37. The van der Waals surface area contributed by atoms with Gasteiger partial charge in [-0.05, 0) is 54.7 Å². The molecule has 1 N–H and O–H groups in total. The van der Waals surface area contributed by atoms with E-state index in [1.54, 1.807) is 17.0 Å². The number of aromatic nitrogens is 3. The van der Waals surface area contributed by atoms with Crippen molar-refractivity contribution in [3.8, 4) is 6.07 Å². The minimum atomic E-state index is -4.56. The first kappa shape index (κ1) is 20.3. The van der Waals surface area contributed by atoms with Crippen molar-refractivity contribution in [2.45, 2.75) is 31.2 Å². The third-order valence-electron chi connectivity index (χ3n) is 5.42. The minimum absolute atomic E-state index is 0.0526. The van der Waals surface area contributed by atoms with Gasteiger partial charge in [0.1, 0.15) is 11.9 Å². The molecule has 1 atom stereocenters. The van der Waals surface area contributed by atoms with Crippen LogP contribution in [0.5, 0.6) is 0 Å². The largest absolute Gasteiger partial charge is 0.416 e. The van der Waals surface area contributed by atoms with Gasteiger partial charge in [0.25, 0.3) is 0 Å². The number of likely N-dealkylation sites (tertiary alicyclic amines) is 1. The third-order valence-corrected chi connectivity index (χ3v) is 5.42. The normalized spacial score (nSPS) is 17.2. The minimum Gasteiger partial charge on any atom is -0.371 e. The Bertz CT molecular complexity index is 1110. The van der Waals surface area contributed by atoms with Crippen LogP contribution in [0.15, 0.2) is 36.5 Å². The fourth-order valence-electron chi connectivity index (χ4n) is 3.90. The molecule has 0 bridgehead atoms. The molecule has 2 aromatic heterocycles. The number of aliphatic hydroxyl groups is 1. The highest BCUT2D eigenvalue weighted by Crippen LogP contribution is 2.39. The second-order valence-corrected chi connectivity index (χ2v) is 7.23. The highest BCUT2D eigenvalue weighted by molar-refractivity contribution is 5.42. The zero-order chi connectivity index (χ0) is 21.5. The molecule has 4 rings (SSSR count). The Kier molecular flexibility index (Phi) is 5.17. The van der Waals surface area contributed by atoms with Crippen molar-refractivity contribution in [3.05, 3.63) is 64.9 Å². The highest BCUT2D eigenvalue weighted by Gasteiger charge is 2.37. The summed E-state index contributed by atoms with van der Waals surface area (Å²) in [5.74, 6) is -0.952. The number of fused-ring (bicyclic) bond motifs is 1. The topological polar surface area (TPSA) is 77.4 Å². The summed E-state index contributed by atoms with van der Waals surface area (Å²) < 4.78 is 55.1. The molecule has 1 aliphatic heterocycles. The van der Waals surface area contributed by atoms with Crippen LogP contribution in [0.25, 0.3) is 5.65 Å². The molecule has 156 valence electrons. The van der Waals surface area contributed by atoms with Gasteiger partial charge in [-0.1, -0.05) is 0 Å². The van der Waals surface area contributed by atoms with E-state index >= 15 is 0 Å². The lowest BCUT2D eigenvalue weighted by molar-refractivity contribution is -0.138. The van der Waals surface area contributed by atoms with Crippen molar-refractivity contribution < 1.29 is 22.7 Å². The van der Waals surface area contributed by atoms with E-state index in [0.717, 1.165) is 18.2 Å². The van der Waals surface area contributed by atoms with Gasteiger partial charge in [-0.2, -0.15) is 18.4 Å². The number of nitrogens with zero attached hydrogens (tertiary/aromatic N) is 5. The highest BCUT2D eigenvalue weighted by atomic mass is 19.4. The number of alkyl halides is 3. The molecule has 6 nitrogen and oxygen atoms in total. The number of hydrogen-bond acceptors (Lipinski definition) is 5. The molecule has 1 aliphatic rings. The standard InChI is InChI=1S/C20H17F4N5O/c21-14-2-3-16(20(22,23)24)15(9-14)13-5-7-28(8-6-13)19(30)18-27-26-17-4-1-12(10-25)11-29(17)18/h1-4,9,11,13,19,30H,5-8H2. The Morgan fingerprint density at radius 1 is 1.13 bits per heavy atom. The Labute approximate surface area is 169 Å². The van der Waals surface area contributed by atoms with E-state index in [1.165, 1.54) is 10.6 Å². The molecule has 1 saturated heterocycles. The fourth-order valence-corrected chi connectivity index (χ4v) is 3.90. The van der Waals surface area contributed by atoms with Crippen molar-refractivity contribution in [3.63, 3.8) is 0 Å². The van der Waals surface area contributed by atoms with Crippen LogP contribution in [0, 0.1) is 17.1 Å². The second-order valence-electron chi connectivity index (χ2n) is 7.23. The van der Waals surface area contributed by atoms with Crippen LogP contribution in [0.4, 0.5) is 17.6 Å². The molecular formula is C20H17F4N5O. The summed E-state index contributed by atoms with van der Waals surface area (Å²) in [6.45, 7) is 0.596. The summed E-state index contributed by atoms with van der Waals surface area (Å²) in [5.41, 5.74) is -0.0358. The Morgan fingerprint density at radius 2 is 1.87 bits per heavy atom. The molecule has 1 aromatic carbocycles. The molecule has 1 unspecified atom stereocenters. The maximum atomic E-state index is 13.6. The van der Waals surface area contributed by atoms with Crippen molar-refractivity contribution >= 4 is 5.65 Å². The zero-order valence-electron chi connectivity index (χ0n) is 15.6. The van der Waals surface area contributed by atoms with Crippen molar-refractivity contribution in [1.82, 2.24) is 19.5 Å². The molecule has 0 aliphatic carbocycles. The van der Waals surface area contributed by atoms with Crippen LogP contribution >= 0.6 is 0 Å². The van der Waals surface area contributed by atoms with Crippen molar-refractivity contribution in [1.29, 1.82) is 5.26 Å². The van der Waals surface area contributed by atoms with Crippen LogP contribution in [0.2, 0.25) is 0 Å². The lowest BCUT2D eigenvalue weighted by Gasteiger charge is -2.35. The molecule has 3 aromatic rings. The number of nitriles is 1. The summed E-state index contributed by atoms with van der Waals surface area (Å²) in [5, 5.41) is 27.8. The average molecular weight is 419 g/mol. The van der Waals surface area contributed by atoms with Crippen molar-refractivity contribution in [2.75, 3.05) is 13.1 Å². The Balaban J connectivity index is 1.53. The zero-order valence-corrected chi connectivity index (χ0v) is 15.6. The number of piperidine rings is 1. The van der Waals surface area contributed by atoms with Crippen LogP contribution in [-0.4, -0.2) is 37.7 Å². The number of hydrogen-bond donors (Lipinski definition) is 1. The van der Waals surface area contributed by atoms with E-state index in [-0.39, 0.29) is 11.4 Å². The number of pyridine rings is 1. The van der Waals surface area contributed by atoms with Gasteiger partial charge in [-0.3, -0.25) is 9.30 Å². The number of rotatable bonds is 3. The van der Waals surface area contributed by atoms with Gasteiger partial charge < -0.3 is 5.11 Å². The van der Waals surface area contributed by atoms with Gasteiger partial charge in [0.2, 0.25) is 0 Å². The van der Waals surface area contributed by atoms with Crippen LogP contribution in [0.1, 0.15) is 47.5 Å². The lowest BCUT2D eigenvalue weighted by atomic mass is 9.86. The Hall–Kier alpha value is -3.03. The Morgan fingerprint density at radius 3 is 2.53 bits per heavy atom. The quantitative estimate of drug-likeness (QED) is 0.656. The molecule has 0 spiro atoms. The van der Waals surface area contributed by atoms with E-state index in [9.17, 15) is 22.7 Å². The summed E-state index contributed by atoms with van der Waals surface area (Å²) in [6.07, 6.45) is -3.53. The average Bonchev–Trinajstić information content (AvgIpc) is 3.15. The monoisotopic (exact) mass is 419 g/mol. The molecular weight excluding hydrogens is 402 g/mol. The molecule has 0 saturated carbocycles. The third kappa shape index (κ3) is 3.74. The first-order valence-electron chi connectivity index (χ1n) is 9.31. The number of benzene rings is 1. The van der Waals surface area contributed by atoms with E-state index in [4.69, 9.17) is 5.26 Å². The maximum absolute atomic E-state index is 13.6. The van der Waals surface area contributed by atoms with E-state index in [0.29, 0.717) is 37.1 Å². The number of aliphatic hydroxyl groups excluding tert-OH is 1. The first-order valence-corrected chi connectivity index (χ1v) is 9.31. The van der Waals surface area contributed by atoms with Crippen molar-refractivity contribution in [2.24, 2.45) is 0 Å². The molecule has 10 heteroatoms. The summed E-state index contributed by atoms with van der Waals surface area (Å²) in [6, 6.07) is 7.75. The molecule has 30 heavy (non-hydrogen) atoms. The summed E-state index contributed by atoms with van der Waals surface area (Å²) in [4.78, 5) is 1.68. The van der Waals surface area contributed by atoms with Gasteiger partial charge in [0.05, 0.1) is 11.1 Å². The molecule has 3 heterocycles. The number of halogens is 4. The van der Waals surface area contributed by atoms with Gasteiger partial charge in [0.15, 0.2) is 17.7 Å².